The van der Waals surface area contributed by atoms with Crippen molar-refractivity contribution in [2.24, 2.45) is 11.8 Å². The third-order valence-electron chi connectivity index (χ3n) is 4.13. The lowest BCUT2D eigenvalue weighted by Crippen LogP contribution is -2.34. The molecule has 0 unspecified atom stereocenters. The van der Waals surface area contributed by atoms with Crippen LogP contribution in [0.2, 0.25) is 0 Å². The van der Waals surface area contributed by atoms with E-state index in [4.69, 9.17) is 4.52 Å². The molecule has 1 N–H and O–H groups in total. The van der Waals surface area contributed by atoms with E-state index in [1.807, 2.05) is 13.8 Å². The van der Waals surface area contributed by atoms with E-state index in [1.165, 1.54) is 0 Å². The summed E-state index contributed by atoms with van der Waals surface area (Å²) < 4.78 is 28.2. The molecule has 1 aromatic rings. The van der Waals surface area contributed by atoms with E-state index >= 15 is 0 Å². The molecule has 3 rings (SSSR count). The van der Waals surface area contributed by atoms with Gasteiger partial charge in [0.1, 0.15) is 5.76 Å². The Morgan fingerprint density at radius 3 is 2.52 bits per heavy atom. The van der Waals surface area contributed by atoms with Crippen molar-refractivity contribution in [1.82, 2.24) is 10.1 Å². The quantitative estimate of drug-likeness (QED) is 0.888. The highest BCUT2D eigenvalue weighted by Crippen LogP contribution is 2.32. The van der Waals surface area contributed by atoms with Crippen LogP contribution >= 0.6 is 0 Å². The van der Waals surface area contributed by atoms with Crippen molar-refractivity contribution in [1.29, 1.82) is 0 Å². The molecule has 3 heterocycles. The lowest BCUT2D eigenvalue weighted by molar-refractivity contribution is 0.220. The zero-order valence-electron chi connectivity index (χ0n) is 12.1. The molecule has 2 amide bonds. The lowest BCUT2D eigenvalue weighted by atomic mass is 10.0. The Morgan fingerprint density at radius 1 is 1.38 bits per heavy atom. The Morgan fingerprint density at radius 2 is 2.00 bits per heavy atom. The van der Waals surface area contributed by atoms with Crippen LogP contribution in [-0.2, 0) is 9.84 Å². The van der Waals surface area contributed by atoms with Crippen LogP contribution in [0, 0.1) is 11.8 Å². The second-order valence-corrected chi connectivity index (χ2v) is 8.36. The molecule has 2 aliphatic heterocycles. The Hall–Kier alpha value is -1.57. The average Bonchev–Trinajstić information content (AvgIpc) is 3.01. The molecule has 0 aromatic carbocycles. The van der Waals surface area contributed by atoms with Gasteiger partial charge in [0.15, 0.2) is 15.7 Å². The molecule has 1 aromatic heterocycles. The SMILES string of the molecule is CC(C)c1cc(NC(=O)N2C[C@@H]3CS(=O)(=O)C[C@@H]3C2)no1. The van der Waals surface area contributed by atoms with E-state index in [-0.39, 0.29) is 35.3 Å². The number of rotatable bonds is 2. The molecule has 7 nitrogen and oxygen atoms in total. The summed E-state index contributed by atoms with van der Waals surface area (Å²) in [6.45, 7) is 4.94. The van der Waals surface area contributed by atoms with E-state index in [2.05, 4.69) is 10.5 Å². The van der Waals surface area contributed by atoms with E-state index in [9.17, 15) is 13.2 Å². The van der Waals surface area contributed by atoms with E-state index in [0.717, 1.165) is 5.76 Å². The van der Waals surface area contributed by atoms with Gasteiger partial charge in [0.05, 0.1) is 11.5 Å². The summed E-state index contributed by atoms with van der Waals surface area (Å²) in [5.41, 5.74) is 0. The zero-order valence-corrected chi connectivity index (χ0v) is 12.9. The van der Waals surface area contributed by atoms with Crippen LogP contribution in [0.5, 0.6) is 0 Å². The molecule has 2 aliphatic rings. The first-order valence-corrected chi connectivity index (χ1v) is 8.89. The maximum Gasteiger partial charge on any atom is 0.323 e. The summed E-state index contributed by atoms with van der Waals surface area (Å²) in [6, 6.07) is 1.47. The number of carbonyl (C=O) groups excluding carboxylic acids is 1. The Kier molecular flexibility index (Phi) is 3.43. The maximum atomic E-state index is 12.2. The highest BCUT2D eigenvalue weighted by atomic mass is 32.2. The van der Waals surface area contributed by atoms with Gasteiger partial charge in [-0.25, -0.2) is 13.2 Å². The second kappa shape index (κ2) is 5.01. The number of fused-ring (bicyclic) bond motifs is 1. The maximum absolute atomic E-state index is 12.2. The first-order chi connectivity index (χ1) is 9.84. The molecule has 2 atom stereocenters. The van der Waals surface area contributed by atoms with Gasteiger partial charge < -0.3 is 9.42 Å². The Labute approximate surface area is 123 Å². The fourth-order valence-electron chi connectivity index (χ4n) is 3.01. The smallest absolute Gasteiger partial charge is 0.323 e. The fourth-order valence-corrected chi connectivity index (χ4v) is 5.21. The van der Waals surface area contributed by atoms with Crippen molar-refractivity contribution in [3.05, 3.63) is 11.8 Å². The topological polar surface area (TPSA) is 92.5 Å². The number of amides is 2. The standard InChI is InChI=1S/C13H19N3O4S/c1-8(2)11-3-12(15-20-11)14-13(17)16-4-9-6-21(18,19)7-10(9)5-16/h3,8-10H,4-7H2,1-2H3,(H,14,15,17)/t9-,10+. The normalized spacial score (nSPS) is 27.1. The van der Waals surface area contributed by atoms with Crippen LogP contribution in [0.15, 0.2) is 10.6 Å². The molecular weight excluding hydrogens is 294 g/mol. The molecule has 0 radical (unpaired) electrons. The van der Waals surface area contributed by atoms with E-state index < -0.39 is 9.84 Å². The number of nitrogens with one attached hydrogen (secondary N) is 1. The molecule has 0 spiro atoms. The summed E-state index contributed by atoms with van der Waals surface area (Å²) >= 11 is 0. The summed E-state index contributed by atoms with van der Waals surface area (Å²) in [4.78, 5) is 13.8. The van der Waals surface area contributed by atoms with Gasteiger partial charge in [-0.3, -0.25) is 5.32 Å². The Bertz CT molecular complexity index is 632. The average molecular weight is 313 g/mol. The van der Waals surface area contributed by atoms with Crippen LogP contribution in [-0.4, -0.2) is 49.1 Å². The van der Waals surface area contributed by atoms with Crippen LogP contribution in [0.1, 0.15) is 25.5 Å². The van der Waals surface area contributed by atoms with Crippen molar-refractivity contribution in [3.8, 4) is 0 Å². The van der Waals surface area contributed by atoms with Gasteiger partial charge in [-0.05, 0) is 11.8 Å². The van der Waals surface area contributed by atoms with Gasteiger partial charge in [-0.2, -0.15) is 0 Å². The molecule has 2 saturated heterocycles. The van der Waals surface area contributed by atoms with Crippen molar-refractivity contribution in [2.75, 3.05) is 29.9 Å². The highest BCUT2D eigenvalue weighted by Gasteiger charge is 2.45. The summed E-state index contributed by atoms with van der Waals surface area (Å²) in [6.07, 6.45) is 0. The van der Waals surface area contributed by atoms with Crippen molar-refractivity contribution < 1.29 is 17.7 Å². The molecule has 0 saturated carbocycles. The number of hydrogen-bond donors (Lipinski definition) is 1. The number of likely N-dealkylation sites (tertiary alicyclic amines) is 1. The minimum absolute atomic E-state index is 0.0734. The van der Waals surface area contributed by atoms with Crippen molar-refractivity contribution in [2.45, 2.75) is 19.8 Å². The molecule has 8 heteroatoms. The van der Waals surface area contributed by atoms with Crippen molar-refractivity contribution >= 4 is 21.7 Å². The molecule has 0 aliphatic carbocycles. The number of anilines is 1. The van der Waals surface area contributed by atoms with Gasteiger partial charge in [-0.15, -0.1) is 0 Å². The van der Waals surface area contributed by atoms with Gasteiger partial charge in [0.25, 0.3) is 0 Å². The third-order valence-corrected chi connectivity index (χ3v) is 6.00. The molecular formula is C13H19N3O4S. The number of nitrogens with zero attached hydrogens (tertiary/aromatic N) is 2. The molecule has 2 fully saturated rings. The second-order valence-electron chi connectivity index (χ2n) is 6.20. The van der Waals surface area contributed by atoms with Crippen LogP contribution in [0.3, 0.4) is 0 Å². The molecule has 21 heavy (non-hydrogen) atoms. The van der Waals surface area contributed by atoms with E-state index in [0.29, 0.717) is 18.9 Å². The first-order valence-electron chi connectivity index (χ1n) is 7.07. The minimum atomic E-state index is -2.91. The minimum Gasteiger partial charge on any atom is -0.359 e. The number of hydrogen-bond acceptors (Lipinski definition) is 5. The highest BCUT2D eigenvalue weighted by molar-refractivity contribution is 7.91. The summed E-state index contributed by atoms with van der Waals surface area (Å²) in [5.74, 6) is 1.86. The van der Waals surface area contributed by atoms with Crippen molar-refractivity contribution in [3.63, 3.8) is 0 Å². The number of aromatic nitrogens is 1. The molecule has 0 bridgehead atoms. The predicted molar refractivity (Wildman–Crippen MR) is 76.8 cm³/mol. The third kappa shape index (κ3) is 2.90. The number of urea groups is 1. The van der Waals surface area contributed by atoms with E-state index in [1.54, 1.807) is 11.0 Å². The van der Waals surface area contributed by atoms with Crippen LogP contribution < -0.4 is 5.32 Å². The predicted octanol–water partition coefficient (Wildman–Crippen LogP) is 1.31. The first kappa shape index (κ1) is 14.4. The summed E-state index contributed by atoms with van der Waals surface area (Å²) in [5, 5.41) is 6.52. The zero-order chi connectivity index (χ0) is 15.2. The molecule has 116 valence electrons. The number of sulfone groups is 1. The largest absolute Gasteiger partial charge is 0.359 e. The Balaban J connectivity index is 1.60. The summed E-state index contributed by atoms with van der Waals surface area (Å²) in [7, 11) is -2.91. The van der Waals surface area contributed by atoms with Gasteiger partial charge in [0.2, 0.25) is 0 Å². The van der Waals surface area contributed by atoms with Gasteiger partial charge >= 0.3 is 6.03 Å². The number of carbonyl (C=O) groups is 1. The van der Waals surface area contributed by atoms with Crippen LogP contribution in [0.4, 0.5) is 10.6 Å². The van der Waals surface area contributed by atoms with Gasteiger partial charge in [0, 0.05) is 25.1 Å². The van der Waals surface area contributed by atoms with Crippen LogP contribution in [0.25, 0.3) is 0 Å². The van der Waals surface area contributed by atoms with Gasteiger partial charge in [-0.1, -0.05) is 19.0 Å². The monoisotopic (exact) mass is 313 g/mol. The fraction of sp³-hybridized carbons (Fsp3) is 0.692. The lowest BCUT2D eigenvalue weighted by Gasteiger charge is -2.16.